The average molecular weight is 409 g/mol. The maximum absolute atomic E-state index is 13.1. The van der Waals surface area contributed by atoms with Gasteiger partial charge in [-0.15, -0.1) is 0 Å². The lowest BCUT2D eigenvalue weighted by molar-refractivity contribution is -0.136. The maximum Gasteiger partial charge on any atom is 0.262 e. The van der Waals surface area contributed by atoms with Gasteiger partial charge in [-0.25, -0.2) is 0 Å². The summed E-state index contributed by atoms with van der Waals surface area (Å²) < 4.78 is 0. The van der Waals surface area contributed by atoms with Gasteiger partial charge >= 0.3 is 0 Å². The fourth-order valence-corrected chi connectivity index (χ4v) is 5.67. The van der Waals surface area contributed by atoms with Gasteiger partial charge in [0.2, 0.25) is 11.8 Å². The highest BCUT2D eigenvalue weighted by Gasteiger charge is 2.47. The van der Waals surface area contributed by atoms with Crippen LogP contribution in [0.2, 0.25) is 0 Å². The first kappa shape index (κ1) is 19.4. The standard InChI is InChI=1S/C23H27N3O4/c1-13(2)25-7-5-23(6-8-25)11-14-9-16-17(10-15(14)12-23)22(30)26(21(16)29)18-3-4-19(27)24-20(18)28/h9-10,13,18H,3-8,11-12H2,1-2H3,(H,24,27,28). The molecule has 0 saturated carbocycles. The van der Waals surface area contributed by atoms with Gasteiger partial charge in [-0.3, -0.25) is 29.4 Å². The lowest BCUT2D eigenvalue weighted by atomic mass is 9.75. The maximum atomic E-state index is 13.1. The van der Waals surface area contributed by atoms with Gasteiger partial charge in [-0.1, -0.05) is 0 Å². The van der Waals surface area contributed by atoms with Crippen LogP contribution in [0.15, 0.2) is 12.1 Å². The molecule has 3 aliphatic heterocycles. The summed E-state index contributed by atoms with van der Waals surface area (Å²) in [5.41, 5.74) is 3.37. The predicted molar refractivity (Wildman–Crippen MR) is 109 cm³/mol. The molecule has 1 aromatic carbocycles. The summed E-state index contributed by atoms with van der Waals surface area (Å²) in [6.07, 6.45) is 4.48. The second kappa shape index (κ2) is 6.74. The van der Waals surface area contributed by atoms with Crippen LogP contribution >= 0.6 is 0 Å². The Hall–Kier alpha value is -2.54. The van der Waals surface area contributed by atoms with Crippen molar-refractivity contribution in [2.45, 2.75) is 64.5 Å². The van der Waals surface area contributed by atoms with E-state index in [-0.39, 0.29) is 24.2 Å². The van der Waals surface area contributed by atoms with E-state index in [0.29, 0.717) is 17.2 Å². The normalized spacial score (nSPS) is 25.8. The van der Waals surface area contributed by atoms with E-state index >= 15 is 0 Å². The molecule has 0 bridgehead atoms. The minimum Gasteiger partial charge on any atom is -0.301 e. The van der Waals surface area contributed by atoms with Crippen LogP contribution in [0.25, 0.3) is 0 Å². The third-order valence-electron chi connectivity index (χ3n) is 7.48. The molecule has 0 radical (unpaired) electrons. The molecule has 1 aliphatic carbocycles. The van der Waals surface area contributed by atoms with Crippen LogP contribution < -0.4 is 5.32 Å². The Kier molecular flexibility index (Phi) is 4.36. The van der Waals surface area contributed by atoms with Crippen LogP contribution in [0.4, 0.5) is 0 Å². The zero-order valence-corrected chi connectivity index (χ0v) is 17.5. The third-order valence-corrected chi connectivity index (χ3v) is 7.48. The van der Waals surface area contributed by atoms with E-state index in [1.54, 1.807) is 0 Å². The molecule has 4 amide bonds. The second-order valence-electron chi connectivity index (χ2n) is 9.60. The Morgan fingerprint density at radius 3 is 2.03 bits per heavy atom. The minimum absolute atomic E-state index is 0.135. The van der Waals surface area contributed by atoms with E-state index in [1.807, 2.05) is 12.1 Å². The summed E-state index contributed by atoms with van der Waals surface area (Å²) in [7, 11) is 0. The van der Waals surface area contributed by atoms with Crippen LogP contribution in [-0.4, -0.2) is 58.6 Å². The van der Waals surface area contributed by atoms with Gasteiger partial charge in [-0.2, -0.15) is 0 Å². The van der Waals surface area contributed by atoms with Gasteiger partial charge in [0, 0.05) is 12.5 Å². The topological polar surface area (TPSA) is 86.8 Å². The molecule has 7 nitrogen and oxygen atoms in total. The van der Waals surface area contributed by atoms with Crippen molar-refractivity contribution in [3.05, 3.63) is 34.4 Å². The quantitative estimate of drug-likeness (QED) is 0.751. The van der Waals surface area contributed by atoms with Crippen molar-refractivity contribution in [2.75, 3.05) is 13.1 Å². The van der Waals surface area contributed by atoms with Gasteiger partial charge in [0.25, 0.3) is 11.8 Å². The number of hydrogen-bond donors (Lipinski definition) is 1. The van der Waals surface area contributed by atoms with Gasteiger partial charge < -0.3 is 4.90 Å². The fraction of sp³-hybridized carbons (Fsp3) is 0.565. The number of rotatable bonds is 2. The van der Waals surface area contributed by atoms with E-state index in [9.17, 15) is 19.2 Å². The first-order valence-corrected chi connectivity index (χ1v) is 10.9. The summed E-state index contributed by atoms with van der Waals surface area (Å²) in [6, 6.07) is 3.43. The third kappa shape index (κ3) is 2.90. The molecule has 4 aliphatic rings. The largest absolute Gasteiger partial charge is 0.301 e. The van der Waals surface area contributed by atoms with Crippen molar-refractivity contribution in [3.8, 4) is 0 Å². The van der Waals surface area contributed by atoms with Crippen molar-refractivity contribution in [3.63, 3.8) is 0 Å². The van der Waals surface area contributed by atoms with Crippen molar-refractivity contribution >= 4 is 23.6 Å². The number of likely N-dealkylation sites (tertiary alicyclic amines) is 1. The summed E-state index contributed by atoms with van der Waals surface area (Å²) in [5.74, 6) is -1.75. The average Bonchev–Trinajstić information content (AvgIpc) is 3.15. The number of nitrogens with one attached hydrogen (secondary N) is 1. The number of nitrogens with zero attached hydrogens (tertiary/aromatic N) is 2. The molecule has 30 heavy (non-hydrogen) atoms. The number of imide groups is 2. The number of hydrogen-bond acceptors (Lipinski definition) is 5. The molecule has 2 saturated heterocycles. The number of carbonyl (C=O) groups is 4. The first-order valence-electron chi connectivity index (χ1n) is 10.9. The van der Waals surface area contributed by atoms with Crippen molar-refractivity contribution < 1.29 is 19.2 Å². The van der Waals surface area contributed by atoms with E-state index < -0.39 is 23.8 Å². The Labute approximate surface area is 175 Å². The summed E-state index contributed by atoms with van der Waals surface area (Å²) in [4.78, 5) is 53.3. The Morgan fingerprint density at radius 1 is 0.967 bits per heavy atom. The highest BCUT2D eigenvalue weighted by atomic mass is 16.2. The van der Waals surface area contributed by atoms with Gasteiger partial charge in [0.1, 0.15) is 6.04 Å². The highest BCUT2D eigenvalue weighted by Crippen LogP contribution is 2.46. The zero-order chi connectivity index (χ0) is 21.2. The predicted octanol–water partition coefficient (Wildman–Crippen LogP) is 1.68. The SMILES string of the molecule is CC(C)N1CCC2(CC1)Cc1cc3c(cc1C2)C(=O)N(C1CCC(=O)NC1=O)C3=O. The molecule has 158 valence electrons. The van der Waals surface area contributed by atoms with E-state index in [1.165, 1.54) is 0 Å². The Morgan fingerprint density at radius 2 is 1.53 bits per heavy atom. The number of amides is 4. The Bertz CT molecular complexity index is 928. The van der Waals surface area contributed by atoms with Crippen molar-refractivity contribution in [2.24, 2.45) is 5.41 Å². The minimum atomic E-state index is -0.906. The number of fused-ring (bicyclic) bond motifs is 2. The molecule has 1 unspecified atom stereocenters. The molecule has 3 heterocycles. The summed E-state index contributed by atoms with van der Waals surface area (Å²) in [6.45, 7) is 6.65. The highest BCUT2D eigenvalue weighted by molar-refractivity contribution is 6.23. The Balaban J connectivity index is 1.39. The molecule has 7 heteroatoms. The first-order chi connectivity index (χ1) is 14.3. The second-order valence-corrected chi connectivity index (χ2v) is 9.60. The molecule has 0 aromatic heterocycles. The molecule has 5 rings (SSSR count). The van der Waals surface area contributed by atoms with Gasteiger partial charge in [0.05, 0.1) is 11.1 Å². The number of carbonyl (C=O) groups excluding carboxylic acids is 4. The van der Waals surface area contributed by atoms with E-state index in [0.717, 1.165) is 54.8 Å². The molecule has 1 aromatic rings. The molecular formula is C23H27N3O4. The van der Waals surface area contributed by atoms with E-state index in [4.69, 9.17) is 0 Å². The molecular weight excluding hydrogens is 382 g/mol. The van der Waals surface area contributed by atoms with E-state index in [2.05, 4.69) is 24.1 Å². The van der Waals surface area contributed by atoms with Crippen LogP contribution in [0.3, 0.4) is 0 Å². The monoisotopic (exact) mass is 409 g/mol. The van der Waals surface area contributed by atoms with Crippen LogP contribution in [-0.2, 0) is 22.4 Å². The zero-order valence-electron chi connectivity index (χ0n) is 17.5. The smallest absolute Gasteiger partial charge is 0.262 e. The number of benzene rings is 1. The van der Waals surface area contributed by atoms with Crippen molar-refractivity contribution in [1.82, 2.24) is 15.1 Å². The lowest BCUT2D eigenvalue weighted by Gasteiger charge is -2.41. The van der Waals surface area contributed by atoms with Crippen LogP contribution in [0, 0.1) is 5.41 Å². The summed E-state index contributed by atoms with van der Waals surface area (Å²) >= 11 is 0. The fourth-order valence-electron chi connectivity index (χ4n) is 5.67. The number of piperidine rings is 2. The summed E-state index contributed by atoms with van der Waals surface area (Å²) in [5, 5.41) is 2.24. The van der Waals surface area contributed by atoms with Gasteiger partial charge in [-0.05, 0) is 87.7 Å². The molecule has 1 atom stereocenters. The molecule has 2 fully saturated rings. The molecule has 1 spiro atoms. The van der Waals surface area contributed by atoms with Gasteiger partial charge in [0.15, 0.2) is 0 Å². The van der Waals surface area contributed by atoms with Crippen LogP contribution in [0.5, 0.6) is 0 Å². The van der Waals surface area contributed by atoms with Crippen LogP contribution in [0.1, 0.15) is 71.4 Å². The lowest BCUT2D eigenvalue weighted by Crippen LogP contribution is -2.54. The molecule has 1 N–H and O–H groups in total. The van der Waals surface area contributed by atoms with Crippen molar-refractivity contribution in [1.29, 1.82) is 0 Å².